The van der Waals surface area contributed by atoms with Crippen molar-refractivity contribution in [3.05, 3.63) is 204 Å². The van der Waals surface area contributed by atoms with Crippen LogP contribution in [0.5, 0.6) is 0 Å². The number of hydrogen-bond donors (Lipinski definition) is 0. The molecule has 0 amide bonds. The number of amidine groups is 3. The van der Waals surface area contributed by atoms with E-state index < -0.39 is 0 Å². The lowest BCUT2D eigenvalue weighted by Gasteiger charge is -2.11. The molecule has 0 radical (unpaired) electrons. The maximum atomic E-state index is 5.21. The molecule has 0 aliphatic rings. The molecule has 0 saturated carbocycles. The largest absolute Gasteiger partial charge is 0.320 e. The van der Waals surface area contributed by atoms with E-state index in [2.05, 4.69) is 105 Å². The van der Waals surface area contributed by atoms with Gasteiger partial charge in [0.1, 0.15) is 6.67 Å². The first-order valence-electron chi connectivity index (χ1n) is 19.0. The van der Waals surface area contributed by atoms with Crippen molar-refractivity contribution in [2.24, 2.45) is 30.0 Å². The van der Waals surface area contributed by atoms with Crippen LogP contribution < -0.4 is 0 Å². The van der Waals surface area contributed by atoms with Crippen molar-refractivity contribution in [1.82, 2.24) is 9.13 Å². The highest BCUT2D eigenvalue weighted by Gasteiger charge is 2.20. The molecule has 0 fully saturated rings. The second-order valence-electron chi connectivity index (χ2n) is 13.7. The number of para-hydroxylation sites is 2. The molecule has 0 unspecified atom stereocenters. The molecule has 8 nitrogen and oxygen atoms in total. The van der Waals surface area contributed by atoms with Crippen molar-refractivity contribution in [3.8, 4) is 0 Å². The Morgan fingerprint density at radius 2 is 0.897 bits per heavy atom. The zero-order valence-corrected chi connectivity index (χ0v) is 31.7. The molecule has 58 heavy (non-hydrogen) atoms. The first-order valence-corrected chi connectivity index (χ1v) is 19.0. The van der Waals surface area contributed by atoms with Crippen molar-refractivity contribution in [3.63, 3.8) is 0 Å². The van der Waals surface area contributed by atoms with E-state index in [-0.39, 0.29) is 0 Å². The molecule has 2 aromatic heterocycles. The van der Waals surface area contributed by atoms with Gasteiger partial charge in [-0.3, -0.25) is 4.57 Å². The highest BCUT2D eigenvalue weighted by atomic mass is 15.2. The third kappa shape index (κ3) is 6.95. The van der Waals surface area contributed by atoms with Crippen LogP contribution in [0, 0.1) is 0 Å². The van der Waals surface area contributed by atoms with E-state index in [1.807, 2.05) is 109 Å². The van der Waals surface area contributed by atoms with Crippen LogP contribution in [-0.4, -0.2) is 46.0 Å². The third-order valence-electron chi connectivity index (χ3n) is 10.2. The van der Waals surface area contributed by atoms with Gasteiger partial charge in [0.25, 0.3) is 0 Å². The smallest absolute Gasteiger partial charge is 0.232 e. The molecule has 8 heteroatoms. The minimum Gasteiger partial charge on any atom is -0.320 e. The van der Waals surface area contributed by atoms with Crippen LogP contribution in [0.4, 0.5) is 0 Å². The standard InChI is InChI=1S/C50H38N8/c1-51-47(36-21-9-4-10-22-36)55-49(38-25-13-6-14-26-38)54-34-57-43-29-17-15-27-39(43)41-31-42-40-28-16-18-30-44(40)58(46(42)32-45(41)57)50(53-33-35-19-7-3-8-20-35)56-48(52-2)37-23-11-5-12-24-37/h3-32H,1-2,33-34H2/b53-50?,54-49-,55-47?,56-48-. The Morgan fingerprint density at radius 1 is 0.414 bits per heavy atom. The summed E-state index contributed by atoms with van der Waals surface area (Å²) in [5.41, 5.74) is 7.68. The van der Waals surface area contributed by atoms with E-state index in [4.69, 9.17) is 20.0 Å². The Hall–Kier alpha value is -7.84. The van der Waals surface area contributed by atoms with Gasteiger partial charge in [-0.1, -0.05) is 158 Å². The zero-order chi connectivity index (χ0) is 39.3. The average Bonchev–Trinajstić information content (AvgIpc) is 3.78. The third-order valence-corrected chi connectivity index (χ3v) is 10.2. The van der Waals surface area contributed by atoms with Crippen LogP contribution in [0.1, 0.15) is 22.3 Å². The summed E-state index contributed by atoms with van der Waals surface area (Å²) in [7, 11) is 0. The first kappa shape index (κ1) is 35.8. The normalized spacial score (nSPS) is 12.8. The zero-order valence-electron chi connectivity index (χ0n) is 31.7. The van der Waals surface area contributed by atoms with E-state index in [1.165, 1.54) is 0 Å². The average molecular weight is 751 g/mol. The van der Waals surface area contributed by atoms with Crippen molar-refractivity contribution >= 4 is 80.5 Å². The highest BCUT2D eigenvalue weighted by molar-refractivity contribution is 6.22. The van der Waals surface area contributed by atoms with Crippen molar-refractivity contribution in [2.75, 3.05) is 0 Å². The monoisotopic (exact) mass is 750 g/mol. The van der Waals surface area contributed by atoms with E-state index >= 15 is 0 Å². The van der Waals surface area contributed by atoms with Gasteiger partial charge in [0, 0.05) is 38.2 Å². The maximum absolute atomic E-state index is 5.21. The summed E-state index contributed by atoms with van der Waals surface area (Å²) in [6, 6.07) is 61.4. The number of fused-ring (bicyclic) bond motifs is 6. The lowest BCUT2D eigenvalue weighted by molar-refractivity contribution is 0.791. The van der Waals surface area contributed by atoms with Crippen LogP contribution >= 0.6 is 0 Å². The number of aliphatic imine (C=N–C) groups is 6. The predicted octanol–water partition coefficient (Wildman–Crippen LogP) is 11.0. The van der Waals surface area contributed by atoms with Gasteiger partial charge in [0.2, 0.25) is 5.96 Å². The number of rotatable bonds is 7. The number of hydrogen-bond acceptors (Lipinski definition) is 2. The fourth-order valence-electron chi connectivity index (χ4n) is 7.45. The van der Waals surface area contributed by atoms with Crippen molar-refractivity contribution < 1.29 is 0 Å². The molecule has 9 aromatic rings. The van der Waals surface area contributed by atoms with Gasteiger partial charge in [-0.05, 0) is 43.3 Å². The van der Waals surface area contributed by atoms with Crippen molar-refractivity contribution in [2.45, 2.75) is 13.2 Å². The van der Waals surface area contributed by atoms with Gasteiger partial charge in [0.05, 0.1) is 28.6 Å². The lowest BCUT2D eigenvalue weighted by atomic mass is 10.1. The molecule has 0 bridgehead atoms. The van der Waals surface area contributed by atoms with Gasteiger partial charge in [0.15, 0.2) is 17.5 Å². The molecular formula is C50H38N8. The summed E-state index contributed by atoms with van der Waals surface area (Å²) < 4.78 is 4.40. The Bertz CT molecular complexity index is 3060. The van der Waals surface area contributed by atoms with E-state index in [0.717, 1.165) is 65.9 Å². The fourth-order valence-corrected chi connectivity index (χ4v) is 7.45. The second kappa shape index (κ2) is 16.1. The van der Waals surface area contributed by atoms with Crippen LogP contribution in [0.15, 0.2) is 212 Å². The van der Waals surface area contributed by atoms with Crippen LogP contribution in [-0.2, 0) is 13.2 Å². The number of aromatic nitrogens is 2. The Morgan fingerprint density at radius 3 is 1.50 bits per heavy atom. The Kier molecular flexibility index (Phi) is 9.95. The quantitative estimate of drug-likeness (QED) is 0.115. The first-order chi connectivity index (χ1) is 28.7. The van der Waals surface area contributed by atoms with Gasteiger partial charge >= 0.3 is 0 Å². The number of nitrogens with zero attached hydrogens (tertiary/aromatic N) is 8. The van der Waals surface area contributed by atoms with Crippen molar-refractivity contribution in [1.29, 1.82) is 0 Å². The molecule has 0 aliphatic carbocycles. The van der Waals surface area contributed by atoms with E-state index in [9.17, 15) is 0 Å². The fraction of sp³-hybridized carbons (Fsp3) is 0.0400. The summed E-state index contributed by atoms with van der Waals surface area (Å²) >= 11 is 0. The highest BCUT2D eigenvalue weighted by Crippen LogP contribution is 2.37. The molecule has 0 spiro atoms. The maximum Gasteiger partial charge on any atom is 0.232 e. The minimum absolute atomic E-state index is 0.300. The van der Waals surface area contributed by atoms with Crippen LogP contribution in [0.3, 0.4) is 0 Å². The van der Waals surface area contributed by atoms with Gasteiger partial charge in [-0.25, -0.2) is 25.0 Å². The summed E-state index contributed by atoms with van der Waals surface area (Å²) in [5, 5.41) is 4.43. The van der Waals surface area contributed by atoms with E-state index in [1.54, 1.807) is 0 Å². The lowest BCUT2D eigenvalue weighted by Crippen LogP contribution is -2.13. The second-order valence-corrected chi connectivity index (χ2v) is 13.7. The molecule has 7 aromatic carbocycles. The summed E-state index contributed by atoms with van der Waals surface area (Å²) in [6.45, 7) is 8.48. The molecule has 0 N–H and O–H groups in total. The summed E-state index contributed by atoms with van der Waals surface area (Å²) in [6.07, 6.45) is 0. The summed E-state index contributed by atoms with van der Waals surface area (Å²) in [5.74, 6) is 2.06. The molecular weight excluding hydrogens is 713 g/mol. The van der Waals surface area contributed by atoms with Crippen LogP contribution in [0.2, 0.25) is 0 Å². The van der Waals surface area contributed by atoms with Gasteiger partial charge in [-0.2, -0.15) is 4.99 Å². The molecule has 9 rings (SSSR count). The molecule has 278 valence electrons. The molecule has 0 atom stereocenters. The molecule has 0 saturated heterocycles. The van der Waals surface area contributed by atoms with E-state index in [0.29, 0.717) is 36.7 Å². The summed E-state index contributed by atoms with van der Waals surface area (Å²) in [4.78, 5) is 29.3. The Balaban J connectivity index is 1.28. The minimum atomic E-state index is 0.300. The topological polar surface area (TPSA) is 84.0 Å². The SMILES string of the molecule is C=NC(=N/C(=N\Cn1c2ccccc2c2cc3c4ccccc4n(C(=NCc4ccccc4)/N=C(\N=C)c4ccccc4)c3cc21)c1ccccc1)c1ccccc1. The molecule has 2 heterocycles. The van der Waals surface area contributed by atoms with Crippen LogP contribution in [0.25, 0.3) is 43.6 Å². The predicted molar refractivity (Wildman–Crippen MR) is 243 cm³/mol. The Labute approximate surface area is 336 Å². The van der Waals surface area contributed by atoms with Gasteiger partial charge < -0.3 is 4.57 Å². The molecule has 0 aliphatic heterocycles. The van der Waals surface area contributed by atoms with Gasteiger partial charge in [-0.15, -0.1) is 0 Å². The number of benzene rings is 7.